The Morgan fingerprint density at radius 1 is 1.43 bits per heavy atom. The first kappa shape index (κ1) is 9.14. The summed E-state index contributed by atoms with van der Waals surface area (Å²) in [5.74, 6) is -0.299. The lowest BCUT2D eigenvalue weighted by Crippen LogP contribution is -2.00. The van der Waals surface area contributed by atoms with Crippen LogP contribution in [0, 0.1) is 5.82 Å². The molecule has 0 fully saturated rings. The van der Waals surface area contributed by atoms with E-state index in [0.717, 1.165) is 0 Å². The second-order valence-electron chi connectivity index (χ2n) is 2.68. The standard InChI is InChI=1S/C8H6BrFN4/c9-7-3-14(4-13-7)8-6(10)1-5(11)2-12-8/h1-4H,11H2. The normalized spacial score (nSPS) is 10.4. The van der Waals surface area contributed by atoms with Crippen LogP contribution in [0.3, 0.4) is 0 Å². The monoisotopic (exact) mass is 256 g/mol. The third kappa shape index (κ3) is 1.60. The summed E-state index contributed by atoms with van der Waals surface area (Å²) in [6.45, 7) is 0. The molecule has 2 aromatic rings. The van der Waals surface area contributed by atoms with Gasteiger partial charge in [0.15, 0.2) is 11.6 Å². The molecule has 14 heavy (non-hydrogen) atoms. The highest BCUT2D eigenvalue weighted by molar-refractivity contribution is 9.10. The average molecular weight is 257 g/mol. The van der Waals surface area contributed by atoms with Gasteiger partial charge in [0.2, 0.25) is 0 Å². The van der Waals surface area contributed by atoms with Crippen molar-refractivity contribution in [1.29, 1.82) is 0 Å². The SMILES string of the molecule is Nc1cnc(-n2cnc(Br)c2)c(F)c1. The number of imidazole rings is 1. The molecular weight excluding hydrogens is 251 g/mol. The summed E-state index contributed by atoms with van der Waals surface area (Å²) in [5, 5.41) is 0. The third-order valence-corrected chi connectivity index (χ3v) is 2.05. The Kier molecular flexibility index (Phi) is 2.20. The van der Waals surface area contributed by atoms with Gasteiger partial charge in [-0.15, -0.1) is 0 Å². The van der Waals surface area contributed by atoms with Crippen LogP contribution >= 0.6 is 15.9 Å². The maximum absolute atomic E-state index is 13.3. The Morgan fingerprint density at radius 2 is 2.21 bits per heavy atom. The van der Waals surface area contributed by atoms with Gasteiger partial charge in [0.1, 0.15) is 10.9 Å². The fourth-order valence-corrected chi connectivity index (χ4v) is 1.36. The molecule has 72 valence electrons. The topological polar surface area (TPSA) is 56.7 Å². The summed E-state index contributed by atoms with van der Waals surface area (Å²) in [6, 6.07) is 1.22. The van der Waals surface area contributed by atoms with E-state index in [1.807, 2.05) is 0 Å². The van der Waals surface area contributed by atoms with Crippen LogP contribution in [-0.4, -0.2) is 14.5 Å². The van der Waals surface area contributed by atoms with Crippen LogP contribution < -0.4 is 5.73 Å². The number of rotatable bonds is 1. The lowest BCUT2D eigenvalue weighted by Gasteiger charge is -2.02. The number of aromatic nitrogens is 3. The van der Waals surface area contributed by atoms with E-state index in [2.05, 4.69) is 25.9 Å². The number of halogens is 2. The number of nitrogen functional groups attached to an aromatic ring is 1. The summed E-state index contributed by atoms with van der Waals surface area (Å²) in [7, 11) is 0. The second-order valence-corrected chi connectivity index (χ2v) is 3.49. The minimum atomic E-state index is -0.477. The van der Waals surface area contributed by atoms with Crippen molar-refractivity contribution in [2.24, 2.45) is 0 Å². The molecule has 6 heteroatoms. The zero-order valence-electron chi connectivity index (χ0n) is 6.98. The predicted molar refractivity (Wildman–Crippen MR) is 53.4 cm³/mol. The summed E-state index contributed by atoms with van der Waals surface area (Å²) in [4.78, 5) is 7.76. The van der Waals surface area contributed by atoms with E-state index in [9.17, 15) is 4.39 Å². The largest absolute Gasteiger partial charge is 0.397 e. The van der Waals surface area contributed by atoms with Crippen molar-refractivity contribution in [2.75, 3.05) is 5.73 Å². The minimum Gasteiger partial charge on any atom is -0.397 e. The first-order valence-electron chi connectivity index (χ1n) is 3.77. The van der Waals surface area contributed by atoms with Crippen LogP contribution in [-0.2, 0) is 0 Å². The third-order valence-electron chi connectivity index (χ3n) is 1.64. The molecule has 4 nitrogen and oxygen atoms in total. The van der Waals surface area contributed by atoms with E-state index in [1.54, 1.807) is 6.20 Å². The zero-order valence-corrected chi connectivity index (χ0v) is 8.57. The van der Waals surface area contributed by atoms with Crippen LogP contribution in [0.15, 0.2) is 29.4 Å². The van der Waals surface area contributed by atoms with Gasteiger partial charge in [0.25, 0.3) is 0 Å². The first-order chi connectivity index (χ1) is 6.66. The Morgan fingerprint density at radius 3 is 2.79 bits per heavy atom. The lowest BCUT2D eigenvalue weighted by atomic mass is 10.4. The molecule has 0 bridgehead atoms. The molecule has 0 unspecified atom stereocenters. The molecule has 0 atom stereocenters. The Labute approximate surface area is 87.7 Å². The quantitative estimate of drug-likeness (QED) is 0.846. The fourth-order valence-electron chi connectivity index (χ4n) is 1.05. The van der Waals surface area contributed by atoms with Gasteiger partial charge < -0.3 is 5.73 Å². The van der Waals surface area contributed by atoms with Gasteiger partial charge in [0, 0.05) is 12.3 Å². The molecule has 2 heterocycles. The van der Waals surface area contributed by atoms with Crippen LogP contribution in [0.5, 0.6) is 0 Å². The van der Waals surface area contributed by atoms with Crippen molar-refractivity contribution in [3.8, 4) is 5.82 Å². The van der Waals surface area contributed by atoms with Crippen LogP contribution in [0.4, 0.5) is 10.1 Å². The van der Waals surface area contributed by atoms with Gasteiger partial charge in [-0.25, -0.2) is 14.4 Å². The number of pyridine rings is 1. The minimum absolute atomic E-state index is 0.178. The second kappa shape index (κ2) is 3.38. The molecule has 0 saturated heterocycles. The molecule has 0 saturated carbocycles. The van der Waals surface area contributed by atoms with Crippen molar-refractivity contribution in [2.45, 2.75) is 0 Å². The lowest BCUT2D eigenvalue weighted by molar-refractivity contribution is 0.610. The molecule has 0 aliphatic rings. The number of hydrogen-bond donors (Lipinski definition) is 1. The summed E-state index contributed by atoms with van der Waals surface area (Å²) in [5.41, 5.74) is 5.67. The molecule has 0 amide bonds. The zero-order chi connectivity index (χ0) is 10.1. The van der Waals surface area contributed by atoms with Gasteiger partial charge >= 0.3 is 0 Å². The molecule has 0 aliphatic heterocycles. The highest BCUT2D eigenvalue weighted by Gasteiger charge is 2.06. The molecule has 0 radical (unpaired) electrons. The van der Waals surface area contributed by atoms with Crippen molar-refractivity contribution in [3.05, 3.63) is 35.2 Å². The molecule has 0 aliphatic carbocycles. The Bertz CT molecular complexity index is 468. The summed E-state index contributed by atoms with van der Waals surface area (Å²) < 4.78 is 15.4. The van der Waals surface area contributed by atoms with Gasteiger partial charge in [-0.2, -0.15) is 0 Å². The highest BCUT2D eigenvalue weighted by atomic mass is 79.9. The Balaban J connectivity index is 2.52. The van der Waals surface area contributed by atoms with Crippen molar-refractivity contribution in [3.63, 3.8) is 0 Å². The summed E-state index contributed by atoms with van der Waals surface area (Å²) >= 11 is 3.16. The highest BCUT2D eigenvalue weighted by Crippen LogP contribution is 2.15. The van der Waals surface area contributed by atoms with Gasteiger partial charge in [-0.1, -0.05) is 0 Å². The number of nitrogens with two attached hydrogens (primary N) is 1. The molecule has 2 N–H and O–H groups in total. The van der Waals surface area contributed by atoms with E-state index in [1.165, 1.54) is 23.2 Å². The maximum Gasteiger partial charge on any atom is 0.174 e. The summed E-state index contributed by atoms with van der Waals surface area (Å²) in [6.07, 6.45) is 4.47. The van der Waals surface area contributed by atoms with Crippen molar-refractivity contribution in [1.82, 2.24) is 14.5 Å². The Hall–Kier alpha value is -1.43. The van der Waals surface area contributed by atoms with Crippen molar-refractivity contribution >= 4 is 21.6 Å². The molecule has 2 aromatic heterocycles. The number of anilines is 1. The van der Waals surface area contributed by atoms with E-state index in [4.69, 9.17) is 5.73 Å². The smallest absolute Gasteiger partial charge is 0.174 e. The predicted octanol–water partition coefficient (Wildman–Crippen LogP) is 1.75. The van der Waals surface area contributed by atoms with Crippen LogP contribution in [0.25, 0.3) is 5.82 Å². The number of nitrogens with zero attached hydrogens (tertiary/aromatic N) is 3. The van der Waals surface area contributed by atoms with Gasteiger partial charge in [-0.05, 0) is 15.9 Å². The number of hydrogen-bond acceptors (Lipinski definition) is 3. The van der Waals surface area contributed by atoms with Crippen LogP contribution in [0.1, 0.15) is 0 Å². The fraction of sp³-hybridized carbons (Fsp3) is 0. The van der Waals surface area contributed by atoms with Crippen LogP contribution in [0.2, 0.25) is 0 Å². The molecule has 0 aromatic carbocycles. The van der Waals surface area contributed by atoms with E-state index in [-0.39, 0.29) is 5.82 Å². The average Bonchev–Trinajstić information content (AvgIpc) is 2.51. The molecule has 0 spiro atoms. The van der Waals surface area contributed by atoms with E-state index in [0.29, 0.717) is 10.3 Å². The van der Waals surface area contributed by atoms with Gasteiger partial charge in [0.05, 0.1) is 11.9 Å². The molecular formula is C8H6BrFN4. The van der Waals surface area contributed by atoms with Gasteiger partial charge in [-0.3, -0.25) is 4.57 Å². The first-order valence-corrected chi connectivity index (χ1v) is 4.57. The van der Waals surface area contributed by atoms with Crippen molar-refractivity contribution < 1.29 is 4.39 Å². The van der Waals surface area contributed by atoms with E-state index >= 15 is 0 Å². The molecule has 2 rings (SSSR count). The van der Waals surface area contributed by atoms with E-state index < -0.39 is 5.82 Å². The maximum atomic E-state index is 13.3.